The second-order valence-corrected chi connectivity index (χ2v) is 4.77. The molecule has 0 saturated heterocycles. The average molecular weight is 251 g/mol. The fourth-order valence-electron chi connectivity index (χ4n) is 1.75. The van der Waals surface area contributed by atoms with Crippen LogP contribution in [0.4, 0.5) is 0 Å². The normalized spacial score (nSPS) is 11.6. The average Bonchev–Trinajstić information content (AvgIpc) is 3.04. The minimum absolute atomic E-state index is 0.550. The van der Waals surface area contributed by atoms with Crippen LogP contribution in [-0.2, 0) is 0 Å². The molecule has 0 aliphatic heterocycles. The van der Waals surface area contributed by atoms with Crippen molar-refractivity contribution in [2.45, 2.75) is 0 Å². The van der Waals surface area contributed by atoms with E-state index < -0.39 is 0 Å². The number of fused-ring (bicyclic) bond motifs is 1. The van der Waals surface area contributed by atoms with Crippen LogP contribution in [0, 0.1) is 11.3 Å². The Morgan fingerprint density at radius 1 is 1.28 bits per heavy atom. The van der Waals surface area contributed by atoms with Gasteiger partial charge in [-0.25, -0.2) is 4.98 Å². The third-order valence-electron chi connectivity index (χ3n) is 2.59. The first-order valence-corrected chi connectivity index (χ1v) is 6.35. The van der Waals surface area contributed by atoms with Crippen molar-refractivity contribution in [3.05, 3.63) is 52.5 Å². The molecule has 3 aromatic rings. The predicted octanol–water partition coefficient (Wildman–Crippen LogP) is 3.69. The number of hydrogen-bond donors (Lipinski definition) is 1. The number of H-pyrrole nitrogens is 1. The number of imidazole rings is 1. The molecule has 3 rings (SSSR count). The number of nitriles is 1. The number of benzene rings is 1. The summed E-state index contributed by atoms with van der Waals surface area (Å²) in [6, 6.07) is 13.9. The van der Waals surface area contributed by atoms with Gasteiger partial charge < -0.3 is 4.98 Å². The third-order valence-corrected chi connectivity index (χ3v) is 3.41. The van der Waals surface area contributed by atoms with Gasteiger partial charge in [0.25, 0.3) is 0 Å². The smallest absolute Gasteiger partial charge is 0.149 e. The minimum Gasteiger partial charge on any atom is -0.337 e. The van der Waals surface area contributed by atoms with Gasteiger partial charge in [0, 0.05) is 4.88 Å². The highest BCUT2D eigenvalue weighted by molar-refractivity contribution is 7.10. The Balaban J connectivity index is 2.09. The maximum atomic E-state index is 9.23. The van der Waals surface area contributed by atoms with Crippen LogP contribution in [0.1, 0.15) is 10.7 Å². The maximum absolute atomic E-state index is 9.23. The summed E-state index contributed by atoms with van der Waals surface area (Å²) in [5.74, 6) is 0.618. The largest absolute Gasteiger partial charge is 0.337 e. The number of aromatic amines is 1. The fraction of sp³-hybridized carbons (Fsp3) is 0. The van der Waals surface area contributed by atoms with Gasteiger partial charge in [-0.1, -0.05) is 18.2 Å². The molecule has 0 atom stereocenters. The van der Waals surface area contributed by atoms with E-state index in [1.165, 1.54) is 0 Å². The lowest BCUT2D eigenvalue weighted by Crippen LogP contribution is -1.83. The van der Waals surface area contributed by atoms with Crippen molar-refractivity contribution >= 4 is 34.0 Å². The summed E-state index contributed by atoms with van der Waals surface area (Å²) in [5.41, 5.74) is 2.37. The lowest BCUT2D eigenvalue weighted by atomic mass is 10.2. The van der Waals surface area contributed by atoms with Crippen LogP contribution < -0.4 is 0 Å². The Labute approximate surface area is 108 Å². The van der Waals surface area contributed by atoms with Gasteiger partial charge >= 0.3 is 0 Å². The van der Waals surface area contributed by atoms with E-state index in [1.807, 2.05) is 47.9 Å². The van der Waals surface area contributed by atoms with Crippen molar-refractivity contribution in [1.29, 1.82) is 5.26 Å². The van der Waals surface area contributed by atoms with E-state index in [0.717, 1.165) is 15.9 Å². The number of aromatic nitrogens is 2. The third kappa shape index (κ3) is 1.92. The molecule has 86 valence electrons. The maximum Gasteiger partial charge on any atom is 0.149 e. The molecule has 0 bridgehead atoms. The van der Waals surface area contributed by atoms with E-state index in [1.54, 1.807) is 11.3 Å². The van der Waals surface area contributed by atoms with Gasteiger partial charge in [0.2, 0.25) is 0 Å². The van der Waals surface area contributed by atoms with Gasteiger partial charge in [0.05, 0.1) is 16.6 Å². The molecule has 0 aliphatic rings. The molecule has 3 nitrogen and oxygen atoms in total. The van der Waals surface area contributed by atoms with Crippen LogP contribution in [0.2, 0.25) is 0 Å². The first-order valence-electron chi connectivity index (χ1n) is 5.47. The lowest BCUT2D eigenvalue weighted by Gasteiger charge is -1.91. The van der Waals surface area contributed by atoms with Crippen molar-refractivity contribution in [3.63, 3.8) is 0 Å². The molecule has 1 N–H and O–H groups in total. The van der Waals surface area contributed by atoms with Crippen molar-refractivity contribution in [1.82, 2.24) is 9.97 Å². The molecule has 1 aromatic carbocycles. The SMILES string of the molecule is N#CC(=Cc1cccs1)c1nc2ccccc2[nH]1. The summed E-state index contributed by atoms with van der Waals surface area (Å²) in [6.07, 6.45) is 1.85. The van der Waals surface area contributed by atoms with E-state index >= 15 is 0 Å². The molecule has 0 amide bonds. The second kappa shape index (κ2) is 4.47. The molecule has 2 heterocycles. The van der Waals surface area contributed by atoms with E-state index in [9.17, 15) is 5.26 Å². The van der Waals surface area contributed by atoms with Crippen LogP contribution >= 0.6 is 11.3 Å². The van der Waals surface area contributed by atoms with E-state index in [0.29, 0.717) is 11.4 Å². The van der Waals surface area contributed by atoms with Gasteiger partial charge in [0.1, 0.15) is 11.9 Å². The molecule has 0 unspecified atom stereocenters. The first kappa shape index (κ1) is 10.8. The molecule has 0 spiro atoms. The van der Waals surface area contributed by atoms with Crippen molar-refractivity contribution < 1.29 is 0 Å². The minimum atomic E-state index is 0.550. The molecule has 18 heavy (non-hydrogen) atoms. The number of para-hydroxylation sites is 2. The van der Waals surface area contributed by atoms with Gasteiger partial charge in [-0.05, 0) is 29.7 Å². The van der Waals surface area contributed by atoms with E-state index in [4.69, 9.17) is 0 Å². The summed E-state index contributed by atoms with van der Waals surface area (Å²) in [4.78, 5) is 8.63. The number of allylic oxidation sites excluding steroid dienone is 1. The highest BCUT2D eigenvalue weighted by Gasteiger charge is 2.07. The van der Waals surface area contributed by atoms with Crippen molar-refractivity contribution in [2.24, 2.45) is 0 Å². The number of hydrogen-bond acceptors (Lipinski definition) is 3. The van der Waals surface area contributed by atoms with E-state index in [2.05, 4.69) is 16.0 Å². The van der Waals surface area contributed by atoms with Gasteiger partial charge in [0.15, 0.2) is 0 Å². The molecule has 0 fully saturated rings. The van der Waals surface area contributed by atoms with E-state index in [-0.39, 0.29) is 0 Å². The Hall–Kier alpha value is -2.38. The molecule has 0 radical (unpaired) electrons. The number of nitrogens with zero attached hydrogens (tertiary/aromatic N) is 2. The highest BCUT2D eigenvalue weighted by Crippen LogP contribution is 2.20. The van der Waals surface area contributed by atoms with Crippen molar-refractivity contribution in [2.75, 3.05) is 0 Å². The first-order chi connectivity index (χ1) is 8.86. The fourth-order valence-corrected chi connectivity index (χ4v) is 2.41. The molecule has 2 aromatic heterocycles. The molecule has 0 aliphatic carbocycles. The van der Waals surface area contributed by atoms with Gasteiger partial charge in [-0.2, -0.15) is 5.26 Å². The Morgan fingerprint density at radius 3 is 2.89 bits per heavy atom. The quantitative estimate of drug-likeness (QED) is 0.706. The summed E-state index contributed by atoms with van der Waals surface area (Å²) < 4.78 is 0. The second-order valence-electron chi connectivity index (χ2n) is 3.79. The van der Waals surface area contributed by atoms with Gasteiger partial charge in [-0.3, -0.25) is 0 Å². The monoisotopic (exact) mass is 251 g/mol. The predicted molar refractivity (Wildman–Crippen MR) is 73.9 cm³/mol. The zero-order valence-electron chi connectivity index (χ0n) is 9.42. The van der Waals surface area contributed by atoms with Gasteiger partial charge in [-0.15, -0.1) is 11.3 Å². The number of thiophene rings is 1. The summed E-state index contributed by atoms with van der Waals surface area (Å²) in [6.45, 7) is 0. The zero-order valence-corrected chi connectivity index (χ0v) is 10.2. The van der Waals surface area contributed by atoms with Crippen LogP contribution in [0.15, 0.2) is 41.8 Å². The molecule has 0 saturated carbocycles. The lowest BCUT2D eigenvalue weighted by molar-refractivity contribution is 1.27. The summed E-state index contributed by atoms with van der Waals surface area (Å²) in [5, 5.41) is 11.2. The van der Waals surface area contributed by atoms with Crippen LogP contribution in [0.5, 0.6) is 0 Å². The number of rotatable bonds is 2. The molecule has 4 heteroatoms. The summed E-state index contributed by atoms with van der Waals surface area (Å²) >= 11 is 1.60. The Bertz CT molecular complexity index is 712. The Morgan fingerprint density at radius 2 is 2.17 bits per heavy atom. The van der Waals surface area contributed by atoms with Crippen LogP contribution in [0.3, 0.4) is 0 Å². The Kier molecular flexibility index (Phi) is 2.67. The molecular weight excluding hydrogens is 242 g/mol. The topological polar surface area (TPSA) is 52.5 Å². The highest BCUT2D eigenvalue weighted by atomic mass is 32.1. The van der Waals surface area contributed by atoms with Crippen LogP contribution in [0.25, 0.3) is 22.7 Å². The zero-order chi connectivity index (χ0) is 12.4. The number of nitrogens with one attached hydrogen (secondary N) is 1. The standard InChI is InChI=1S/C14H9N3S/c15-9-10(8-11-4-3-7-18-11)14-16-12-5-1-2-6-13(12)17-14/h1-8H,(H,16,17). The summed E-state index contributed by atoms with van der Waals surface area (Å²) in [7, 11) is 0. The van der Waals surface area contributed by atoms with Crippen molar-refractivity contribution in [3.8, 4) is 6.07 Å². The molecular formula is C14H9N3S. The van der Waals surface area contributed by atoms with Crippen LogP contribution in [-0.4, -0.2) is 9.97 Å².